The summed E-state index contributed by atoms with van der Waals surface area (Å²) in [6, 6.07) is 5.68. The third-order valence-corrected chi connectivity index (χ3v) is 4.96. The van der Waals surface area contributed by atoms with Gasteiger partial charge in [0, 0.05) is 19.7 Å². The smallest absolute Gasteiger partial charge is 0.115 e. The van der Waals surface area contributed by atoms with Gasteiger partial charge in [-0.25, -0.2) is 0 Å². The van der Waals surface area contributed by atoms with Crippen molar-refractivity contribution in [1.29, 1.82) is 0 Å². The third-order valence-electron chi connectivity index (χ3n) is 4.96. The van der Waals surface area contributed by atoms with Crippen LogP contribution in [0.4, 0.5) is 0 Å². The van der Waals surface area contributed by atoms with Crippen LogP contribution in [0.1, 0.15) is 55.8 Å². The standard InChI is InChI=1S/C18H27NO2/c1-19-12-15-7-8-16(20)11-17(15)18(13-19)21-10-9-14-5-3-2-4-6-14/h7-8,11,14,18,20H,2-6,9-10,12-13H2,1H3/t18-/m0/s1. The number of hydrogen-bond donors (Lipinski definition) is 1. The minimum atomic E-state index is 0.106. The highest BCUT2D eigenvalue weighted by molar-refractivity contribution is 5.37. The van der Waals surface area contributed by atoms with E-state index in [1.165, 1.54) is 49.7 Å². The average molecular weight is 289 g/mol. The number of fused-ring (bicyclic) bond motifs is 1. The molecule has 3 heteroatoms. The van der Waals surface area contributed by atoms with Crippen LogP contribution in [0.25, 0.3) is 0 Å². The maximum absolute atomic E-state index is 9.73. The number of benzene rings is 1. The van der Waals surface area contributed by atoms with Crippen molar-refractivity contribution in [1.82, 2.24) is 4.90 Å². The van der Waals surface area contributed by atoms with Crippen molar-refractivity contribution < 1.29 is 9.84 Å². The zero-order chi connectivity index (χ0) is 14.7. The molecule has 1 aromatic rings. The lowest BCUT2D eigenvalue weighted by molar-refractivity contribution is 0.0109. The Morgan fingerprint density at radius 1 is 1.24 bits per heavy atom. The number of hydrogen-bond acceptors (Lipinski definition) is 3. The van der Waals surface area contributed by atoms with E-state index in [1.54, 1.807) is 6.07 Å². The van der Waals surface area contributed by atoms with Crippen LogP contribution in [-0.4, -0.2) is 30.2 Å². The van der Waals surface area contributed by atoms with E-state index in [1.807, 2.05) is 12.1 Å². The topological polar surface area (TPSA) is 32.7 Å². The fraction of sp³-hybridized carbons (Fsp3) is 0.667. The van der Waals surface area contributed by atoms with E-state index >= 15 is 0 Å². The van der Waals surface area contributed by atoms with Gasteiger partial charge in [-0.2, -0.15) is 0 Å². The maximum atomic E-state index is 9.73. The zero-order valence-corrected chi connectivity index (χ0v) is 13.1. The summed E-state index contributed by atoms with van der Waals surface area (Å²) in [5.74, 6) is 1.21. The molecule has 1 aliphatic carbocycles. The highest BCUT2D eigenvalue weighted by Gasteiger charge is 2.24. The summed E-state index contributed by atoms with van der Waals surface area (Å²) in [7, 11) is 2.13. The quantitative estimate of drug-likeness (QED) is 0.913. The van der Waals surface area contributed by atoms with Crippen LogP contribution in [-0.2, 0) is 11.3 Å². The summed E-state index contributed by atoms with van der Waals surface area (Å²) >= 11 is 0. The first-order valence-electron chi connectivity index (χ1n) is 8.34. The van der Waals surface area contributed by atoms with Gasteiger partial charge in [0.2, 0.25) is 0 Å². The molecular formula is C18H27NO2. The van der Waals surface area contributed by atoms with Crippen molar-refractivity contribution in [3.8, 4) is 5.75 Å². The van der Waals surface area contributed by atoms with Crippen LogP contribution in [0.2, 0.25) is 0 Å². The van der Waals surface area contributed by atoms with Crippen LogP contribution < -0.4 is 0 Å². The molecule has 0 spiro atoms. The molecule has 1 fully saturated rings. The Bertz CT molecular complexity index is 468. The first kappa shape index (κ1) is 14.9. The Hall–Kier alpha value is -1.06. The molecule has 0 unspecified atom stereocenters. The number of rotatable bonds is 4. The second-order valence-electron chi connectivity index (χ2n) is 6.73. The van der Waals surface area contributed by atoms with Crippen molar-refractivity contribution in [2.45, 2.75) is 51.2 Å². The van der Waals surface area contributed by atoms with Crippen molar-refractivity contribution in [2.75, 3.05) is 20.2 Å². The van der Waals surface area contributed by atoms with Crippen molar-refractivity contribution >= 4 is 0 Å². The van der Waals surface area contributed by atoms with E-state index in [0.29, 0.717) is 5.75 Å². The Labute approximate surface area is 127 Å². The number of ether oxygens (including phenoxy) is 1. The van der Waals surface area contributed by atoms with Crippen LogP contribution in [0.3, 0.4) is 0 Å². The molecule has 1 N–H and O–H groups in total. The van der Waals surface area contributed by atoms with Gasteiger partial charge in [0.05, 0.1) is 6.10 Å². The molecule has 0 saturated heterocycles. The van der Waals surface area contributed by atoms with Gasteiger partial charge in [-0.1, -0.05) is 38.2 Å². The van der Waals surface area contributed by atoms with Gasteiger partial charge in [0.15, 0.2) is 0 Å². The van der Waals surface area contributed by atoms with Gasteiger partial charge in [-0.05, 0) is 42.6 Å². The molecule has 2 aliphatic rings. The minimum absolute atomic E-state index is 0.106. The van der Waals surface area contributed by atoms with Crippen LogP contribution in [0.15, 0.2) is 18.2 Å². The molecule has 1 aromatic carbocycles. The van der Waals surface area contributed by atoms with Crippen molar-refractivity contribution in [2.24, 2.45) is 5.92 Å². The monoisotopic (exact) mass is 289 g/mol. The summed E-state index contributed by atoms with van der Waals surface area (Å²) in [6.45, 7) is 2.71. The van der Waals surface area contributed by atoms with E-state index in [0.717, 1.165) is 25.6 Å². The molecule has 1 saturated carbocycles. The lowest BCUT2D eigenvalue weighted by Gasteiger charge is -2.32. The second-order valence-corrected chi connectivity index (χ2v) is 6.73. The third kappa shape index (κ3) is 3.78. The molecule has 0 aromatic heterocycles. The predicted molar refractivity (Wildman–Crippen MR) is 84.3 cm³/mol. The molecule has 116 valence electrons. The molecule has 1 aliphatic heterocycles. The van der Waals surface area contributed by atoms with Gasteiger partial charge in [0.25, 0.3) is 0 Å². The SMILES string of the molecule is CN1Cc2ccc(O)cc2[C@@H](OCCC2CCCCC2)C1. The highest BCUT2D eigenvalue weighted by Crippen LogP contribution is 2.32. The Balaban J connectivity index is 1.58. The van der Waals surface area contributed by atoms with E-state index in [-0.39, 0.29) is 6.10 Å². The summed E-state index contributed by atoms with van der Waals surface area (Å²) in [5, 5.41) is 9.73. The molecule has 0 amide bonds. The van der Waals surface area contributed by atoms with Gasteiger partial charge in [0.1, 0.15) is 5.75 Å². The van der Waals surface area contributed by atoms with Crippen LogP contribution in [0.5, 0.6) is 5.75 Å². The number of nitrogens with zero attached hydrogens (tertiary/aromatic N) is 1. The zero-order valence-electron chi connectivity index (χ0n) is 13.1. The number of phenols is 1. The van der Waals surface area contributed by atoms with E-state index in [4.69, 9.17) is 4.74 Å². The van der Waals surface area contributed by atoms with Gasteiger partial charge in [-0.3, -0.25) is 4.90 Å². The van der Waals surface area contributed by atoms with E-state index in [9.17, 15) is 5.11 Å². The van der Waals surface area contributed by atoms with E-state index in [2.05, 4.69) is 11.9 Å². The summed E-state index contributed by atoms with van der Waals surface area (Å²) < 4.78 is 6.18. The summed E-state index contributed by atoms with van der Waals surface area (Å²) in [4.78, 5) is 2.30. The van der Waals surface area contributed by atoms with Crippen molar-refractivity contribution in [3.63, 3.8) is 0 Å². The second kappa shape index (κ2) is 6.80. The highest BCUT2D eigenvalue weighted by atomic mass is 16.5. The average Bonchev–Trinajstić information content (AvgIpc) is 2.49. The summed E-state index contributed by atoms with van der Waals surface area (Å²) in [5.41, 5.74) is 2.46. The van der Waals surface area contributed by atoms with Crippen LogP contribution >= 0.6 is 0 Å². The first-order valence-corrected chi connectivity index (χ1v) is 8.34. The number of likely N-dealkylation sites (N-methyl/N-ethyl adjacent to an activating group) is 1. The molecule has 1 heterocycles. The number of aromatic hydroxyl groups is 1. The normalized spacial score (nSPS) is 24.0. The minimum Gasteiger partial charge on any atom is -0.508 e. The molecular weight excluding hydrogens is 262 g/mol. The Morgan fingerprint density at radius 3 is 2.86 bits per heavy atom. The maximum Gasteiger partial charge on any atom is 0.115 e. The molecule has 3 nitrogen and oxygen atoms in total. The molecule has 0 bridgehead atoms. The Kier molecular flexibility index (Phi) is 4.81. The fourth-order valence-corrected chi connectivity index (χ4v) is 3.76. The molecule has 21 heavy (non-hydrogen) atoms. The molecule has 3 rings (SSSR count). The summed E-state index contributed by atoms with van der Waals surface area (Å²) in [6.07, 6.45) is 8.26. The molecule has 0 radical (unpaired) electrons. The number of phenolic OH excluding ortho intramolecular Hbond substituents is 1. The van der Waals surface area contributed by atoms with Crippen molar-refractivity contribution in [3.05, 3.63) is 29.3 Å². The van der Waals surface area contributed by atoms with Gasteiger partial charge in [-0.15, -0.1) is 0 Å². The Morgan fingerprint density at radius 2 is 2.05 bits per heavy atom. The lowest BCUT2D eigenvalue weighted by atomic mass is 9.87. The predicted octanol–water partition coefficient (Wildman–Crippen LogP) is 3.87. The van der Waals surface area contributed by atoms with E-state index < -0.39 is 0 Å². The van der Waals surface area contributed by atoms with Gasteiger partial charge < -0.3 is 9.84 Å². The lowest BCUT2D eigenvalue weighted by Crippen LogP contribution is -2.32. The largest absolute Gasteiger partial charge is 0.508 e. The fourth-order valence-electron chi connectivity index (χ4n) is 3.76. The first-order chi connectivity index (χ1) is 10.2. The molecule has 1 atom stereocenters. The van der Waals surface area contributed by atoms with Crippen LogP contribution in [0, 0.1) is 5.92 Å². The van der Waals surface area contributed by atoms with Gasteiger partial charge >= 0.3 is 0 Å².